The Balaban J connectivity index is 1.54. The maximum atomic E-state index is 12.4. The second-order valence-corrected chi connectivity index (χ2v) is 6.48. The van der Waals surface area contributed by atoms with Crippen molar-refractivity contribution >= 4 is 17.6 Å². The molecular weight excluding hydrogens is 348 g/mol. The fraction of sp³-hybridized carbons (Fsp3) is 0.300. The Kier molecular flexibility index (Phi) is 5.49. The van der Waals surface area contributed by atoms with Crippen LogP contribution in [0.5, 0.6) is 11.5 Å². The second-order valence-electron chi connectivity index (χ2n) is 6.48. The lowest BCUT2D eigenvalue weighted by molar-refractivity contribution is -0.133. The monoisotopic (exact) mass is 370 g/mol. The van der Waals surface area contributed by atoms with Crippen LogP contribution in [-0.4, -0.2) is 59.8 Å². The zero-order valence-corrected chi connectivity index (χ0v) is 15.1. The lowest BCUT2D eigenvalue weighted by atomic mass is 10.1. The molecule has 0 aromatic heterocycles. The predicted octanol–water partition coefficient (Wildman–Crippen LogP) is 2.13. The summed E-state index contributed by atoms with van der Waals surface area (Å²) in [5.74, 6) is -0.829. The average Bonchev–Trinajstić information content (AvgIpc) is 2.66. The van der Waals surface area contributed by atoms with E-state index in [0.29, 0.717) is 37.6 Å². The fourth-order valence-corrected chi connectivity index (χ4v) is 3.05. The first-order valence-electron chi connectivity index (χ1n) is 8.72. The van der Waals surface area contributed by atoms with Gasteiger partial charge in [0.25, 0.3) is 5.91 Å². The van der Waals surface area contributed by atoms with E-state index >= 15 is 0 Å². The Bertz CT molecular complexity index is 844. The van der Waals surface area contributed by atoms with Crippen LogP contribution in [0.4, 0.5) is 5.69 Å². The maximum absolute atomic E-state index is 12.4. The molecule has 1 amide bonds. The maximum Gasteiger partial charge on any atom is 0.339 e. The van der Waals surface area contributed by atoms with Gasteiger partial charge >= 0.3 is 5.97 Å². The number of piperazine rings is 1. The van der Waals surface area contributed by atoms with Gasteiger partial charge in [-0.15, -0.1) is 0 Å². The van der Waals surface area contributed by atoms with Crippen LogP contribution in [0.2, 0.25) is 0 Å². The molecule has 1 aliphatic rings. The molecule has 2 N–H and O–H groups in total. The van der Waals surface area contributed by atoms with Crippen molar-refractivity contribution in [3.05, 3.63) is 53.6 Å². The van der Waals surface area contributed by atoms with Gasteiger partial charge in [0, 0.05) is 31.9 Å². The zero-order valence-electron chi connectivity index (χ0n) is 15.1. The summed E-state index contributed by atoms with van der Waals surface area (Å²) >= 11 is 0. The minimum Gasteiger partial charge on any atom is -0.507 e. The third-order valence-corrected chi connectivity index (χ3v) is 4.56. The third kappa shape index (κ3) is 4.49. The summed E-state index contributed by atoms with van der Waals surface area (Å²) < 4.78 is 5.57. The van der Waals surface area contributed by atoms with Gasteiger partial charge in [-0.1, -0.05) is 12.1 Å². The van der Waals surface area contributed by atoms with E-state index in [0.717, 1.165) is 5.56 Å². The summed E-state index contributed by atoms with van der Waals surface area (Å²) in [6.07, 6.45) is 0. The number of benzene rings is 2. The van der Waals surface area contributed by atoms with Gasteiger partial charge in [-0.3, -0.25) is 4.79 Å². The highest BCUT2D eigenvalue weighted by Gasteiger charge is 2.22. The number of carbonyl (C=O) groups excluding carboxylic acids is 1. The number of hydrogen-bond donors (Lipinski definition) is 2. The number of rotatable bonds is 5. The lowest BCUT2D eigenvalue weighted by Crippen LogP contribution is -2.50. The molecule has 0 aliphatic carbocycles. The van der Waals surface area contributed by atoms with Crippen molar-refractivity contribution in [1.82, 2.24) is 4.90 Å². The van der Waals surface area contributed by atoms with Crippen molar-refractivity contribution in [2.75, 3.05) is 37.7 Å². The van der Waals surface area contributed by atoms with E-state index in [2.05, 4.69) is 0 Å². The molecule has 7 nitrogen and oxygen atoms in total. The molecule has 0 unspecified atom stereocenters. The largest absolute Gasteiger partial charge is 0.507 e. The minimum atomic E-state index is -1.17. The summed E-state index contributed by atoms with van der Waals surface area (Å²) in [5.41, 5.74) is 1.66. The highest BCUT2D eigenvalue weighted by atomic mass is 16.5. The number of carboxylic acids is 1. The topological polar surface area (TPSA) is 90.3 Å². The van der Waals surface area contributed by atoms with Gasteiger partial charge in [0.15, 0.2) is 6.61 Å². The lowest BCUT2D eigenvalue weighted by Gasteiger charge is -2.36. The number of nitrogens with zero attached hydrogens (tertiary/aromatic N) is 2. The molecule has 1 fully saturated rings. The second kappa shape index (κ2) is 7.99. The van der Waals surface area contributed by atoms with Crippen molar-refractivity contribution in [1.29, 1.82) is 0 Å². The number of phenols is 1. The summed E-state index contributed by atoms with van der Waals surface area (Å²) in [6.45, 7) is 4.18. The first-order chi connectivity index (χ1) is 12.9. The van der Waals surface area contributed by atoms with Crippen LogP contribution in [0.25, 0.3) is 0 Å². The van der Waals surface area contributed by atoms with Crippen molar-refractivity contribution in [2.24, 2.45) is 0 Å². The molecule has 0 atom stereocenters. The molecular formula is C20H22N2O5. The number of anilines is 1. The van der Waals surface area contributed by atoms with Gasteiger partial charge in [0.05, 0.1) is 0 Å². The van der Waals surface area contributed by atoms with Gasteiger partial charge < -0.3 is 24.7 Å². The highest BCUT2D eigenvalue weighted by molar-refractivity contribution is 5.92. The van der Waals surface area contributed by atoms with E-state index in [1.165, 1.54) is 12.1 Å². The summed E-state index contributed by atoms with van der Waals surface area (Å²) in [4.78, 5) is 27.3. The Morgan fingerprint density at radius 2 is 1.81 bits per heavy atom. The van der Waals surface area contributed by atoms with Crippen LogP contribution in [0.15, 0.2) is 42.5 Å². The van der Waals surface area contributed by atoms with Crippen molar-refractivity contribution in [3.8, 4) is 11.5 Å². The summed E-state index contributed by atoms with van der Waals surface area (Å²) in [5, 5.41) is 18.8. The van der Waals surface area contributed by atoms with Gasteiger partial charge in [-0.2, -0.15) is 0 Å². The molecule has 7 heteroatoms. The summed E-state index contributed by atoms with van der Waals surface area (Å²) in [6, 6.07) is 12.1. The molecule has 0 spiro atoms. The number of aromatic hydroxyl groups is 1. The molecule has 3 rings (SSSR count). The summed E-state index contributed by atoms with van der Waals surface area (Å²) in [7, 11) is 0. The predicted molar refractivity (Wildman–Crippen MR) is 101 cm³/mol. The molecule has 0 saturated carbocycles. The number of amides is 1. The van der Waals surface area contributed by atoms with E-state index < -0.39 is 5.97 Å². The highest BCUT2D eigenvalue weighted by Crippen LogP contribution is 2.25. The number of carbonyl (C=O) groups is 2. The Morgan fingerprint density at radius 1 is 1.07 bits per heavy atom. The molecule has 1 aliphatic heterocycles. The van der Waals surface area contributed by atoms with Crippen molar-refractivity contribution in [2.45, 2.75) is 6.92 Å². The molecule has 0 bridgehead atoms. The first-order valence-corrected chi connectivity index (χ1v) is 8.72. The molecule has 1 heterocycles. The van der Waals surface area contributed by atoms with E-state index in [4.69, 9.17) is 9.84 Å². The Hall–Kier alpha value is -3.22. The van der Waals surface area contributed by atoms with Crippen LogP contribution < -0.4 is 9.64 Å². The van der Waals surface area contributed by atoms with Crippen LogP contribution in [0.3, 0.4) is 0 Å². The Morgan fingerprint density at radius 3 is 2.48 bits per heavy atom. The SMILES string of the molecule is Cc1cccc(OCC(=O)N2CCN(c3ccc(O)c(C(=O)O)c3)CC2)c1. The van der Waals surface area contributed by atoms with Gasteiger partial charge in [-0.05, 0) is 42.8 Å². The number of ether oxygens (including phenoxy) is 1. The van der Waals surface area contributed by atoms with Crippen LogP contribution in [0, 0.1) is 6.92 Å². The van der Waals surface area contributed by atoms with Gasteiger partial charge in [0.1, 0.15) is 17.1 Å². The van der Waals surface area contributed by atoms with E-state index in [9.17, 15) is 14.7 Å². The molecule has 2 aromatic rings. The van der Waals surface area contributed by atoms with Crippen molar-refractivity contribution in [3.63, 3.8) is 0 Å². The van der Waals surface area contributed by atoms with E-state index in [-0.39, 0.29) is 23.8 Å². The number of hydrogen-bond acceptors (Lipinski definition) is 5. The quantitative estimate of drug-likeness (QED) is 0.838. The van der Waals surface area contributed by atoms with Crippen LogP contribution >= 0.6 is 0 Å². The molecule has 27 heavy (non-hydrogen) atoms. The minimum absolute atomic E-state index is 0.00811. The zero-order chi connectivity index (χ0) is 19.4. The molecule has 1 saturated heterocycles. The number of aryl methyl sites for hydroxylation is 1. The molecule has 2 aromatic carbocycles. The third-order valence-electron chi connectivity index (χ3n) is 4.56. The van der Waals surface area contributed by atoms with Crippen LogP contribution in [0.1, 0.15) is 15.9 Å². The molecule has 0 radical (unpaired) electrons. The van der Waals surface area contributed by atoms with E-state index in [1.807, 2.05) is 36.1 Å². The van der Waals surface area contributed by atoms with Crippen LogP contribution in [-0.2, 0) is 4.79 Å². The van der Waals surface area contributed by atoms with Gasteiger partial charge in [-0.25, -0.2) is 4.79 Å². The normalized spacial score (nSPS) is 14.1. The smallest absolute Gasteiger partial charge is 0.339 e. The molecule has 142 valence electrons. The van der Waals surface area contributed by atoms with Gasteiger partial charge in [0.2, 0.25) is 0 Å². The first kappa shape index (κ1) is 18.6. The Labute approximate surface area is 157 Å². The number of carboxylic acid groups (broad SMARTS) is 1. The van der Waals surface area contributed by atoms with E-state index in [1.54, 1.807) is 11.0 Å². The fourth-order valence-electron chi connectivity index (χ4n) is 3.05. The average molecular weight is 370 g/mol. The van der Waals surface area contributed by atoms with Crippen molar-refractivity contribution < 1.29 is 24.5 Å². The standard InChI is InChI=1S/C20H22N2O5/c1-14-3-2-4-16(11-14)27-13-19(24)22-9-7-21(8-10-22)15-5-6-18(23)17(12-15)20(25)26/h2-6,11-12,23H,7-10,13H2,1H3,(H,25,26). The number of aromatic carboxylic acids is 1.